The Hall–Kier alpha value is -1.84. The van der Waals surface area contributed by atoms with Gasteiger partial charge in [0.15, 0.2) is 17.8 Å². The summed E-state index contributed by atoms with van der Waals surface area (Å²) in [4.78, 5) is 12.6. The summed E-state index contributed by atoms with van der Waals surface area (Å²) in [6, 6.07) is 0. The highest BCUT2D eigenvalue weighted by Gasteiger charge is 2.21. The largest absolute Gasteiger partial charge is 0.382 e. The van der Waals surface area contributed by atoms with E-state index in [4.69, 9.17) is 24.3 Å². The Balaban J connectivity index is 1.69. The summed E-state index contributed by atoms with van der Waals surface area (Å²) < 4.78 is 37.2. The Morgan fingerprint density at radius 1 is 1.29 bits per heavy atom. The van der Waals surface area contributed by atoms with E-state index in [9.17, 15) is 4.57 Å². The topological polar surface area (TPSA) is 124 Å². The van der Waals surface area contributed by atoms with Crippen LogP contribution in [-0.2, 0) is 29.6 Å². The Labute approximate surface area is 182 Å². The molecule has 0 amide bonds. The summed E-state index contributed by atoms with van der Waals surface area (Å²) in [5.41, 5.74) is 7.14. The van der Waals surface area contributed by atoms with Gasteiger partial charge in [-0.05, 0) is 39.5 Å². The van der Waals surface area contributed by atoms with Crippen molar-refractivity contribution in [3.63, 3.8) is 0 Å². The van der Waals surface area contributed by atoms with Crippen LogP contribution in [0.4, 0.5) is 5.82 Å². The first-order valence-electron chi connectivity index (χ1n) is 10.8. The number of nitrogen functional groups attached to an aromatic ring is 1. The van der Waals surface area contributed by atoms with Gasteiger partial charge in [0, 0.05) is 24.9 Å². The van der Waals surface area contributed by atoms with E-state index in [1.165, 1.54) is 6.33 Å². The Bertz CT molecular complexity index is 889. The molecule has 2 aromatic rings. The molecule has 2 N–H and O–H groups in total. The van der Waals surface area contributed by atoms with Crippen LogP contribution in [0.15, 0.2) is 24.5 Å². The molecule has 1 saturated heterocycles. The average molecular weight is 453 g/mol. The van der Waals surface area contributed by atoms with Gasteiger partial charge in [-0.25, -0.2) is 15.0 Å². The zero-order valence-corrected chi connectivity index (χ0v) is 19.1. The van der Waals surface area contributed by atoms with Crippen LogP contribution in [0.3, 0.4) is 0 Å². The fourth-order valence-electron chi connectivity index (χ4n) is 3.39. The SMILES string of the molecule is CCOP(=O)(/C=C/[C@H](CCn1cnc2c(N)ncnc21)CO[C@@H]1CCCCO1)OCC. The minimum Gasteiger partial charge on any atom is -0.382 e. The number of imidazole rings is 1. The fourth-order valence-corrected chi connectivity index (χ4v) is 4.81. The highest BCUT2D eigenvalue weighted by atomic mass is 31.2. The van der Waals surface area contributed by atoms with Gasteiger partial charge in [-0.3, -0.25) is 4.57 Å². The number of hydrogen-bond donors (Lipinski definition) is 1. The monoisotopic (exact) mass is 453 g/mol. The molecule has 0 radical (unpaired) electrons. The lowest BCUT2D eigenvalue weighted by molar-refractivity contribution is -0.167. The Morgan fingerprint density at radius 3 is 2.81 bits per heavy atom. The van der Waals surface area contributed by atoms with Crippen molar-refractivity contribution in [3.05, 3.63) is 24.5 Å². The highest BCUT2D eigenvalue weighted by Crippen LogP contribution is 2.49. The number of rotatable bonds is 12. The van der Waals surface area contributed by atoms with Gasteiger partial charge in [-0.2, -0.15) is 0 Å². The van der Waals surface area contributed by atoms with Crippen molar-refractivity contribution < 1.29 is 23.1 Å². The molecule has 10 nitrogen and oxygen atoms in total. The molecule has 1 aliphatic heterocycles. The summed E-state index contributed by atoms with van der Waals surface area (Å²) in [6.45, 7) is 5.98. The van der Waals surface area contributed by atoms with Gasteiger partial charge in [-0.1, -0.05) is 6.08 Å². The minimum atomic E-state index is -3.28. The fraction of sp³-hybridized carbons (Fsp3) is 0.650. The zero-order chi connectivity index (χ0) is 22.1. The molecular weight excluding hydrogens is 421 g/mol. The van der Waals surface area contributed by atoms with Crippen molar-refractivity contribution in [3.8, 4) is 0 Å². The molecule has 3 rings (SSSR count). The van der Waals surface area contributed by atoms with Gasteiger partial charge >= 0.3 is 7.60 Å². The van der Waals surface area contributed by atoms with Gasteiger partial charge in [-0.15, -0.1) is 0 Å². The van der Waals surface area contributed by atoms with E-state index < -0.39 is 7.60 Å². The molecule has 11 heteroatoms. The molecule has 31 heavy (non-hydrogen) atoms. The van der Waals surface area contributed by atoms with Crippen molar-refractivity contribution in [2.45, 2.75) is 52.4 Å². The van der Waals surface area contributed by atoms with Crippen LogP contribution in [0.2, 0.25) is 0 Å². The third-order valence-electron chi connectivity index (χ3n) is 4.96. The molecule has 1 aliphatic rings. The summed E-state index contributed by atoms with van der Waals surface area (Å²) >= 11 is 0. The smallest absolute Gasteiger partial charge is 0.353 e. The molecular formula is C20H32N5O5P. The Kier molecular flexibility index (Phi) is 8.98. The number of nitrogens with zero attached hydrogens (tertiary/aromatic N) is 4. The van der Waals surface area contributed by atoms with E-state index >= 15 is 0 Å². The first-order chi connectivity index (χ1) is 15.0. The second kappa shape index (κ2) is 11.7. The lowest BCUT2D eigenvalue weighted by Crippen LogP contribution is -2.25. The first kappa shape index (κ1) is 23.8. The van der Waals surface area contributed by atoms with Crippen LogP contribution in [0.5, 0.6) is 0 Å². The molecule has 2 atom stereocenters. The van der Waals surface area contributed by atoms with E-state index in [2.05, 4.69) is 15.0 Å². The molecule has 0 aromatic carbocycles. The molecule has 172 valence electrons. The lowest BCUT2D eigenvalue weighted by atomic mass is 10.1. The summed E-state index contributed by atoms with van der Waals surface area (Å²) in [7, 11) is -3.28. The quantitative estimate of drug-likeness (QED) is 0.479. The molecule has 1 fully saturated rings. The van der Waals surface area contributed by atoms with Crippen LogP contribution in [0, 0.1) is 5.92 Å². The number of aromatic nitrogens is 4. The first-order valence-corrected chi connectivity index (χ1v) is 12.4. The number of anilines is 1. The third kappa shape index (κ3) is 6.82. The second-order valence-electron chi connectivity index (χ2n) is 7.26. The highest BCUT2D eigenvalue weighted by molar-refractivity contribution is 7.57. The molecule has 3 heterocycles. The standard InChI is InChI=1S/C20H32N5O5P/c1-3-29-31(26,30-4-2)12-9-16(13-28-17-7-5-6-11-27-17)8-10-25-15-24-18-19(21)22-14-23-20(18)25/h9,12,14-17H,3-8,10-11,13H2,1-2H3,(H2,21,22,23)/b12-9+/t16-,17+/m0/s1. The van der Waals surface area contributed by atoms with Gasteiger partial charge in [0.05, 0.1) is 26.1 Å². The third-order valence-corrected chi connectivity index (χ3v) is 6.74. The maximum absolute atomic E-state index is 12.8. The predicted octanol–water partition coefficient (Wildman–Crippen LogP) is 3.74. The predicted molar refractivity (Wildman–Crippen MR) is 117 cm³/mol. The number of aryl methyl sites for hydroxylation is 1. The van der Waals surface area contributed by atoms with Crippen molar-refractivity contribution in [2.75, 3.05) is 32.2 Å². The molecule has 2 aromatic heterocycles. The maximum Gasteiger partial charge on any atom is 0.353 e. The van der Waals surface area contributed by atoms with Gasteiger partial charge < -0.3 is 28.8 Å². The van der Waals surface area contributed by atoms with Crippen LogP contribution in [0.1, 0.15) is 39.5 Å². The van der Waals surface area contributed by atoms with Crippen molar-refractivity contribution in [2.24, 2.45) is 5.92 Å². The van der Waals surface area contributed by atoms with Crippen molar-refractivity contribution >= 4 is 24.6 Å². The normalized spacial score (nSPS) is 18.7. The van der Waals surface area contributed by atoms with Crippen molar-refractivity contribution in [1.82, 2.24) is 19.5 Å². The van der Waals surface area contributed by atoms with Crippen LogP contribution in [-0.4, -0.2) is 52.2 Å². The zero-order valence-electron chi connectivity index (χ0n) is 18.2. The number of hydrogen-bond acceptors (Lipinski definition) is 9. The van der Waals surface area contributed by atoms with Crippen LogP contribution < -0.4 is 5.73 Å². The van der Waals surface area contributed by atoms with Gasteiger partial charge in [0.25, 0.3) is 0 Å². The molecule has 0 bridgehead atoms. The Morgan fingerprint density at radius 2 is 2.10 bits per heavy atom. The minimum absolute atomic E-state index is 0.0311. The van der Waals surface area contributed by atoms with E-state index in [1.807, 2.05) is 10.6 Å². The summed E-state index contributed by atoms with van der Waals surface area (Å²) in [6.07, 6.45) is 8.54. The summed E-state index contributed by atoms with van der Waals surface area (Å²) in [5, 5.41) is 0. The van der Waals surface area contributed by atoms with Crippen molar-refractivity contribution in [1.29, 1.82) is 0 Å². The van der Waals surface area contributed by atoms with E-state index in [0.717, 1.165) is 25.9 Å². The molecule has 0 aliphatic carbocycles. The van der Waals surface area contributed by atoms with E-state index in [1.54, 1.807) is 26.0 Å². The second-order valence-corrected chi connectivity index (χ2v) is 9.16. The molecule has 0 spiro atoms. The number of nitrogens with two attached hydrogens (primary N) is 1. The summed E-state index contributed by atoms with van der Waals surface area (Å²) in [5.74, 6) is 1.87. The number of ether oxygens (including phenoxy) is 2. The van der Waals surface area contributed by atoms with Gasteiger partial charge in [0.2, 0.25) is 0 Å². The molecule has 0 saturated carbocycles. The van der Waals surface area contributed by atoms with Crippen LogP contribution in [0.25, 0.3) is 11.2 Å². The van der Waals surface area contributed by atoms with Gasteiger partial charge in [0.1, 0.15) is 11.8 Å². The lowest BCUT2D eigenvalue weighted by Gasteiger charge is -2.24. The van der Waals surface area contributed by atoms with E-state index in [0.29, 0.717) is 49.8 Å². The number of fused-ring (bicyclic) bond motifs is 1. The molecule has 0 unspecified atom stereocenters. The average Bonchev–Trinajstić information content (AvgIpc) is 3.19. The van der Waals surface area contributed by atoms with Crippen LogP contribution >= 0.6 is 7.60 Å². The van der Waals surface area contributed by atoms with E-state index in [-0.39, 0.29) is 12.2 Å². The maximum atomic E-state index is 12.8.